The number of nitrogens with zero attached hydrogens (tertiary/aromatic N) is 4. The zero-order valence-corrected chi connectivity index (χ0v) is 18.1. The highest BCUT2D eigenvalue weighted by Crippen LogP contribution is 2.33. The van der Waals surface area contributed by atoms with Crippen molar-refractivity contribution in [3.05, 3.63) is 35.7 Å². The lowest BCUT2D eigenvalue weighted by molar-refractivity contribution is -0.137. The standard InChI is InChI=1S/C24H30N4O3/c1-16-6-8-17(9-7-16)22-25-23(31-26-22)18-10-12-27(13-11-18)24(30)19-14-21(29)28(15-19)20-4-2-3-5-20/h6-9,18-20H,2-5,10-15H2,1H3. The number of rotatable bonds is 4. The van der Waals surface area contributed by atoms with Gasteiger partial charge in [-0.3, -0.25) is 9.59 Å². The van der Waals surface area contributed by atoms with E-state index in [0.29, 0.717) is 43.8 Å². The van der Waals surface area contributed by atoms with Crippen molar-refractivity contribution in [3.8, 4) is 11.4 Å². The van der Waals surface area contributed by atoms with E-state index in [1.807, 2.05) is 41.0 Å². The quantitative estimate of drug-likeness (QED) is 0.753. The Hall–Kier alpha value is -2.70. The van der Waals surface area contributed by atoms with E-state index in [0.717, 1.165) is 31.2 Å². The highest BCUT2D eigenvalue weighted by Gasteiger charge is 2.41. The van der Waals surface area contributed by atoms with Crippen LogP contribution in [0.5, 0.6) is 0 Å². The largest absolute Gasteiger partial charge is 0.342 e. The molecule has 1 atom stereocenters. The molecule has 2 aliphatic heterocycles. The number of benzene rings is 1. The summed E-state index contributed by atoms with van der Waals surface area (Å²) in [5.74, 6) is 1.57. The summed E-state index contributed by atoms with van der Waals surface area (Å²) in [5.41, 5.74) is 2.14. The molecule has 0 bridgehead atoms. The maximum absolute atomic E-state index is 13.1. The lowest BCUT2D eigenvalue weighted by Gasteiger charge is -2.32. The first kappa shape index (κ1) is 20.2. The van der Waals surface area contributed by atoms with Gasteiger partial charge in [0, 0.05) is 43.6 Å². The minimum Gasteiger partial charge on any atom is -0.342 e. The molecular formula is C24H30N4O3. The number of aryl methyl sites for hydroxylation is 1. The van der Waals surface area contributed by atoms with Gasteiger partial charge in [0.25, 0.3) is 0 Å². The van der Waals surface area contributed by atoms with Gasteiger partial charge in [0.1, 0.15) is 0 Å². The Morgan fingerprint density at radius 3 is 2.48 bits per heavy atom. The smallest absolute Gasteiger partial charge is 0.230 e. The van der Waals surface area contributed by atoms with Gasteiger partial charge < -0.3 is 14.3 Å². The molecular weight excluding hydrogens is 392 g/mol. The fourth-order valence-corrected chi connectivity index (χ4v) is 5.29. The van der Waals surface area contributed by atoms with E-state index in [1.165, 1.54) is 18.4 Å². The number of aromatic nitrogens is 2. The molecule has 3 fully saturated rings. The molecule has 0 spiro atoms. The number of carbonyl (C=O) groups is 2. The molecule has 1 aromatic carbocycles. The summed E-state index contributed by atoms with van der Waals surface area (Å²) in [6.45, 7) is 4.01. The first-order valence-corrected chi connectivity index (χ1v) is 11.6. The highest BCUT2D eigenvalue weighted by molar-refractivity contribution is 5.89. The van der Waals surface area contributed by atoms with Gasteiger partial charge in [-0.2, -0.15) is 4.98 Å². The van der Waals surface area contributed by atoms with Crippen LogP contribution < -0.4 is 0 Å². The molecule has 7 nitrogen and oxygen atoms in total. The molecule has 1 aliphatic carbocycles. The molecule has 7 heteroatoms. The van der Waals surface area contributed by atoms with Crippen LogP contribution in [0, 0.1) is 12.8 Å². The lowest BCUT2D eigenvalue weighted by Crippen LogP contribution is -2.42. The fraction of sp³-hybridized carbons (Fsp3) is 0.583. The Bertz CT molecular complexity index is 940. The second kappa shape index (κ2) is 8.44. The molecule has 164 valence electrons. The van der Waals surface area contributed by atoms with Crippen LogP contribution in [0.3, 0.4) is 0 Å². The number of amides is 2. The van der Waals surface area contributed by atoms with Gasteiger partial charge in [-0.25, -0.2) is 0 Å². The average molecular weight is 423 g/mol. The SMILES string of the molecule is Cc1ccc(-c2noc(C3CCN(C(=O)C4CC(=O)N(C5CCCC5)C4)CC3)n2)cc1. The van der Waals surface area contributed by atoms with Crippen molar-refractivity contribution >= 4 is 11.8 Å². The maximum atomic E-state index is 13.1. The van der Waals surface area contributed by atoms with Crippen molar-refractivity contribution in [1.82, 2.24) is 19.9 Å². The Labute approximate surface area is 182 Å². The summed E-state index contributed by atoms with van der Waals surface area (Å²) in [4.78, 5) is 34.0. The lowest BCUT2D eigenvalue weighted by atomic mass is 9.95. The minimum absolute atomic E-state index is 0.137. The van der Waals surface area contributed by atoms with Crippen LogP contribution in [0.25, 0.3) is 11.4 Å². The van der Waals surface area contributed by atoms with Gasteiger partial charge >= 0.3 is 0 Å². The molecule has 3 heterocycles. The minimum atomic E-state index is -0.179. The summed E-state index contributed by atoms with van der Waals surface area (Å²) >= 11 is 0. The van der Waals surface area contributed by atoms with E-state index >= 15 is 0 Å². The number of likely N-dealkylation sites (tertiary alicyclic amines) is 2. The monoisotopic (exact) mass is 422 g/mol. The van der Waals surface area contributed by atoms with Crippen LogP contribution in [0.15, 0.2) is 28.8 Å². The molecule has 0 radical (unpaired) electrons. The Morgan fingerprint density at radius 1 is 1.06 bits per heavy atom. The van der Waals surface area contributed by atoms with Crippen LogP contribution >= 0.6 is 0 Å². The predicted molar refractivity (Wildman–Crippen MR) is 115 cm³/mol. The third kappa shape index (κ3) is 4.10. The third-order valence-electron chi connectivity index (χ3n) is 7.18. The summed E-state index contributed by atoms with van der Waals surface area (Å²) in [7, 11) is 0. The maximum Gasteiger partial charge on any atom is 0.230 e. The molecule has 1 saturated carbocycles. The average Bonchev–Trinajstić information content (AvgIpc) is 3.55. The van der Waals surface area contributed by atoms with Crippen LogP contribution in [0.1, 0.15) is 62.3 Å². The van der Waals surface area contributed by atoms with Gasteiger partial charge in [-0.1, -0.05) is 47.8 Å². The highest BCUT2D eigenvalue weighted by atomic mass is 16.5. The van der Waals surface area contributed by atoms with E-state index < -0.39 is 0 Å². The van der Waals surface area contributed by atoms with E-state index in [9.17, 15) is 9.59 Å². The normalized spacial score (nSPS) is 23.1. The first-order valence-electron chi connectivity index (χ1n) is 11.6. The van der Waals surface area contributed by atoms with Gasteiger partial charge in [-0.05, 0) is 32.6 Å². The van der Waals surface area contributed by atoms with Crippen LogP contribution in [0.4, 0.5) is 0 Å². The van der Waals surface area contributed by atoms with Crippen LogP contribution in [0.2, 0.25) is 0 Å². The second-order valence-electron chi connectivity index (χ2n) is 9.31. The molecule has 5 rings (SSSR count). The van der Waals surface area contributed by atoms with E-state index in [2.05, 4.69) is 10.1 Å². The van der Waals surface area contributed by atoms with E-state index in [4.69, 9.17) is 4.52 Å². The molecule has 1 aromatic heterocycles. The summed E-state index contributed by atoms with van der Waals surface area (Å²) in [6.07, 6.45) is 6.57. The van der Waals surface area contributed by atoms with Crippen molar-refractivity contribution in [2.75, 3.05) is 19.6 Å². The van der Waals surface area contributed by atoms with Crippen molar-refractivity contribution in [2.45, 2.75) is 63.8 Å². The van der Waals surface area contributed by atoms with Gasteiger partial charge in [0.15, 0.2) is 0 Å². The number of piperidine rings is 1. The van der Waals surface area contributed by atoms with Gasteiger partial charge in [0.05, 0.1) is 5.92 Å². The first-order chi connectivity index (χ1) is 15.1. The second-order valence-corrected chi connectivity index (χ2v) is 9.31. The zero-order chi connectivity index (χ0) is 21.4. The summed E-state index contributed by atoms with van der Waals surface area (Å²) in [5, 5.41) is 4.15. The van der Waals surface area contributed by atoms with Gasteiger partial charge in [0.2, 0.25) is 23.5 Å². The topological polar surface area (TPSA) is 79.5 Å². The number of hydrogen-bond acceptors (Lipinski definition) is 5. The summed E-state index contributed by atoms with van der Waals surface area (Å²) < 4.78 is 5.55. The molecule has 2 saturated heterocycles. The summed E-state index contributed by atoms with van der Waals surface area (Å²) in [6, 6.07) is 8.44. The molecule has 3 aliphatic rings. The Balaban J connectivity index is 1.17. The number of hydrogen-bond donors (Lipinski definition) is 0. The van der Waals surface area contributed by atoms with E-state index in [-0.39, 0.29) is 23.7 Å². The van der Waals surface area contributed by atoms with Crippen molar-refractivity contribution < 1.29 is 14.1 Å². The van der Waals surface area contributed by atoms with Gasteiger partial charge in [-0.15, -0.1) is 0 Å². The third-order valence-corrected chi connectivity index (χ3v) is 7.18. The fourth-order valence-electron chi connectivity index (χ4n) is 5.29. The Morgan fingerprint density at radius 2 is 1.77 bits per heavy atom. The molecule has 31 heavy (non-hydrogen) atoms. The van der Waals surface area contributed by atoms with Crippen LogP contribution in [-0.4, -0.2) is 57.4 Å². The Kier molecular flexibility index (Phi) is 5.50. The number of carbonyl (C=O) groups excluding carboxylic acids is 2. The van der Waals surface area contributed by atoms with Crippen LogP contribution in [-0.2, 0) is 9.59 Å². The molecule has 2 amide bonds. The van der Waals surface area contributed by atoms with Crippen molar-refractivity contribution in [3.63, 3.8) is 0 Å². The van der Waals surface area contributed by atoms with Crippen molar-refractivity contribution in [1.29, 1.82) is 0 Å². The molecule has 2 aromatic rings. The molecule has 0 N–H and O–H groups in total. The van der Waals surface area contributed by atoms with Crippen molar-refractivity contribution in [2.24, 2.45) is 5.92 Å². The van der Waals surface area contributed by atoms with E-state index in [1.54, 1.807) is 0 Å². The molecule has 1 unspecified atom stereocenters. The predicted octanol–water partition coefficient (Wildman–Crippen LogP) is 3.54. The zero-order valence-electron chi connectivity index (χ0n) is 18.1.